The van der Waals surface area contributed by atoms with Crippen LogP contribution in [0.2, 0.25) is 0 Å². The SMILES string of the molecule is [C-]#[N+]c1c(-n2c3ccccc3c3ccccc32)c(C#N)c(-n2c3ccccc3c3ccccc32)c(-n2c3ccccc3c3cc(C)ccc32)c1-n1c2ccccc2c2ccccc21. The average Bonchev–Trinajstić information content (AvgIpc) is 4.06. The van der Waals surface area contributed by atoms with Gasteiger partial charge in [-0.3, -0.25) is 0 Å². The van der Waals surface area contributed by atoms with E-state index in [1.807, 2.05) is 12.1 Å². The van der Waals surface area contributed by atoms with Gasteiger partial charge in [-0.25, -0.2) is 4.85 Å². The van der Waals surface area contributed by atoms with Gasteiger partial charge in [0.05, 0.1) is 79.0 Å². The van der Waals surface area contributed by atoms with Gasteiger partial charge in [-0.15, -0.1) is 0 Å². The highest BCUT2D eigenvalue weighted by molar-refractivity contribution is 6.16. The van der Waals surface area contributed by atoms with E-state index in [2.05, 4.69) is 212 Å². The molecule has 9 aromatic carbocycles. The molecule has 0 aliphatic rings. The standard InChI is InChI=1S/C57H34N6/c1-35-31-32-52-43(33-35)42-23-9-16-30-51(42)63(52)57-55(61-47-26-12-5-19-38(47)39-20-6-13-27-48(39)61)44(34-58)54(60-45-24-10-3-17-36(45)37-18-4-11-25-46(37)60)53(59-2)56(57)62-49-28-14-7-21-40(49)41-22-8-15-29-50(41)62/h3-33H,1H3. The number of hydrogen-bond acceptors (Lipinski definition) is 1. The van der Waals surface area contributed by atoms with Gasteiger partial charge in [0.15, 0.2) is 0 Å². The molecule has 0 amide bonds. The second-order valence-corrected chi connectivity index (χ2v) is 16.3. The molecule has 4 heterocycles. The van der Waals surface area contributed by atoms with Crippen molar-refractivity contribution in [1.29, 1.82) is 5.26 Å². The Morgan fingerprint density at radius 1 is 0.365 bits per heavy atom. The van der Waals surface area contributed by atoms with Crippen molar-refractivity contribution >= 4 is 92.9 Å². The van der Waals surface area contributed by atoms with Gasteiger partial charge in [0.2, 0.25) is 5.69 Å². The van der Waals surface area contributed by atoms with Gasteiger partial charge in [0, 0.05) is 43.1 Å². The number of nitriles is 1. The van der Waals surface area contributed by atoms with Gasteiger partial charge in [-0.2, -0.15) is 5.26 Å². The quantitative estimate of drug-likeness (QED) is 0.164. The topological polar surface area (TPSA) is 47.9 Å². The Morgan fingerprint density at radius 2 is 0.667 bits per heavy atom. The van der Waals surface area contributed by atoms with E-state index in [9.17, 15) is 11.8 Å². The van der Waals surface area contributed by atoms with E-state index in [-0.39, 0.29) is 0 Å². The summed E-state index contributed by atoms with van der Waals surface area (Å²) in [4.78, 5) is 4.64. The first-order valence-electron chi connectivity index (χ1n) is 21.1. The maximum Gasteiger partial charge on any atom is 0.237 e. The third-order valence-electron chi connectivity index (χ3n) is 13.1. The number of fused-ring (bicyclic) bond motifs is 12. The number of benzene rings is 9. The number of hydrogen-bond donors (Lipinski definition) is 0. The van der Waals surface area contributed by atoms with Crippen molar-refractivity contribution in [2.24, 2.45) is 0 Å². The predicted molar refractivity (Wildman–Crippen MR) is 260 cm³/mol. The summed E-state index contributed by atoms with van der Waals surface area (Å²) < 4.78 is 9.07. The van der Waals surface area contributed by atoms with Crippen molar-refractivity contribution in [3.8, 4) is 28.8 Å². The molecule has 13 aromatic rings. The zero-order valence-electron chi connectivity index (χ0n) is 34.1. The second-order valence-electron chi connectivity index (χ2n) is 16.3. The number of nitrogens with zero attached hydrogens (tertiary/aromatic N) is 6. The lowest BCUT2D eigenvalue weighted by atomic mass is 10.0. The van der Waals surface area contributed by atoms with Crippen molar-refractivity contribution in [2.75, 3.05) is 0 Å². The molecule has 0 N–H and O–H groups in total. The number of rotatable bonds is 4. The Morgan fingerprint density at radius 3 is 1.03 bits per heavy atom. The summed E-state index contributed by atoms with van der Waals surface area (Å²) in [5.41, 5.74) is 12.3. The minimum absolute atomic E-state index is 0.377. The summed E-state index contributed by atoms with van der Waals surface area (Å²) in [6, 6.07) is 68.5. The van der Waals surface area contributed by atoms with Crippen molar-refractivity contribution in [3.05, 3.63) is 211 Å². The van der Waals surface area contributed by atoms with E-state index in [4.69, 9.17) is 0 Å². The second kappa shape index (κ2) is 13.1. The van der Waals surface area contributed by atoms with E-state index in [1.54, 1.807) is 0 Å². The first-order valence-corrected chi connectivity index (χ1v) is 21.1. The molecule has 63 heavy (non-hydrogen) atoms. The van der Waals surface area contributed by atoms with E-state index in [0.29, 0.717) is 28.3 Å². The molecule has 13 rings (SSSR count). The Bertz CT molecular complexity index is 3880. The molecule has 0 fully saturated rings. The fourth-order valence-corrected chi connectivity index (χ4v) is 10.6. The average molecular weight is 803 g/mol. The number of para-hydroxylation sites is 7. The highest BCUT2D eigenvalue weighted by Crippen LogP contribution is 2.51. The van der Waals surface area contributed by atoms with Gasteiger partial charge in [-0.1, -0.05) is 139 Å². The maximum atomic E-state index is 12.2. The summed E-state index contributed by atoms with van der Waals surface area (Å²) in [5.74, 6) is 0. The minimum Gasteiger partial charge on any atom is -0.318 e. The predicted octanol–water partition coefficient (Wildman–Crippen LogP) is 14.8. The third-order valence-corrected chi connectivity index (χ3v) is 13.1. The fraction of sp³-hybridized carbons (Fsp3) is 0.0175. The Labute approximate surface area is 361 Å². The number of aromatic nitrogens is 4. The summed E-state index contributed by atoms with van der Waals surface area (Å²) in [6.45, 7) is 11.6. The maximum absolute atomic E-state index is 12.2. The summed E-state index contributed by atoms with van der Waals surface area (Å²) in [7, 11) is 0. The van der Waals surface area contributed by atoms with Crippen LogP contribution in [0.25, 0.3) is 115 Å². The van der Waals surface area contributed by atoms with E-state index in [0.717, 1.165) is 98.5 Å². The molecule has 0 radical (unpaired) electrons. The lowest BCUT2D eigenvalue weighted by molar-refractivity contribution is 1.03. The molecule has 0 saturated carbocycles. The van der Waals surface area contributed by atoms with Crippen molar-refractivity contribution in [1.82, 2.24) is 18.3 Å². The van der Waals surface area contributed by atoms with Gasteiger partial charge in [0.1, 0.15) is 6.07 Å². The molecular formula is C57H34N6. The molecule has 0 saturated heterocycles. The van der Waals surface area contributed by atoms with Crippen molar-refractivity contribution < 1.29 is 0 Å². The van der Waals surface area contributed by atoms with Gasteiger partial charge in [0.25, 0.3) is 0 Å². The lowest BCUT2D eigenvalue weighted by Crippen LogP contribution is -2.14. The molecule has 292 valence electrons. The molecule has 0 aliphatic heterocycles. The molecular weight excluding hydrogens is 769 g/mol. The summed E-state index contributed by atoms with van der Waals surface area (Å²) >= 11 is 0. The highest BCUT2D eigenvalue weighted by Gasteiger charge is 2.34. The van der Waals surface area contributed by atoms with Crippen LogP contribution in [0.4, 0.5) is 5.69 Å². The molecule has 0 spiro atoms. The zero-order valence-corrected chi connectivity index (χ0v) is 34.1. The Balaban J connectivity index is 1.40. The van der Waals surface area contributed by atoms with Crippen molar-refractivity contribution in [3.63, 3.8) is 0 Å². The van der Waals surface area contributed by atoms with E-state index in [1.165, 1.54) is 0 Å². The monoisotopic (exact) mass is 802 g/mol. The van der Waals surface area contributed by atoms with E-state index >= 15 is 0 Å². The minimum atomic E-state index is 0.377. The highest BCUT2D eigenvalue weighted by atomic mass is 15.1. The molecule has 0 bridgehead atoms. The van der Waals surface area contributed by atoms with Crippen molar-refractivity contribution in [2.45, 2.75) is 6.92 Å². The molecule has 0 atom stereocenters. The van der Waals surface area contributed by atoms with Crippen LogP contribution in [0.5, 0.6) is 0 Å². The molecule has 0 aliphatic carbocycles. The van der Waals surface area contributed by atoms with Crippen LogP contribution < -0.4 is 0 Å². The summed E-state index contributed by atoms with van der Waals surface area (Å²) in [5, 5.41) is 20.8. The largest absolute Gasteiger partial charge is 0.318 e. The van der Waals surface area contributed by atoms with E-state index < -0.39 is 0 Å². The van der Waals surface area contributed by atoms with Crippen LogP contribution in [0.3, 0.4) is 0 Å². The van der Waals surface area contributed by atoms with Crippen LogP contribution >= 0.6 is 0 Å². The smallest absolute Gasteiger partial charge is 0.237 e. The zero-order chi connectivity index (χ0) is 41.9. The Kier molecular flexibility index (Phi) is 7.26. The number of aryl methyl sites for hydroxylation is 1. The van der Waals surface area contributed by atoms with Gasteiger partial charge in [-0.05, 0) is 61.5 Å². The Hall–Kier alpha value is -8.84. The van der Waals surface area contributed by atoms with Crippen LogP contribution in [-0.2, 0) is 0 Å². The van der Waals surface area contributed by atoms with Gasteiger partial charge >= 0.3 is 0 Å². The molecule has 6 heteroatoms. The normalized spacial score (nSPS) is 11.9. The molecule has 0 unspecified atom stereocenters. The van der Waals surface area contributed by atoms with Crippen LogP contribution in [0.1, 0.15) is 11.1 Å². The molecule has 4 aromatic heterocycles. The third kappa shape index (κ3) is 4.64. The summed E-state index contributed by atoms with van der Waals surface area (Å²) in [6.07, 6.45) is 0. The van der Waals surface area contributed by atoms with Crippen LogP contribution in [0, 0.1) is 24.8 Å². The van der Waals surface area contributed by atoms with Gasteiger partial charge < -0.3 is 18.3 Å². The lowest BCUT2D eigenvalue weighted by Gasteiger charge is -2.27. The molecule has 6 nitrogen and oxygen atoms in total. The van der Waals surface area contributed by atoms with Crippen LogP contribution in [-0.4, -0.2) is 18.3 Å². The first-order chi connectivity index (χ1) is 31.2. The first kappa shape index (κ1) is 35.0. The van der Waals surface area contributed by atoms with Crippen LogP contribution in [0.15, 0.2) is 188 Å². The fourth-order valence-electron chi connectivity index (χ4n) is 10.6.